The lowest BCUT2D eigenvalue weighted by atomic mass is 10.1. The monoisotopic (exact) mass is 213 g/mol. The third-order valence-electron chi connectivity index (χ3n) is 2.88. The van der Waals surface area contributed by atoms with Crippen LogP contribution < -0.4 is 5.32 Å². The Kier molecular flexibility index (Phi) is 2.79. The average Bonchev–Trinajstić information content (AvgIpc) is 2.71. The summed E-state index contributed by atoms with van der Waals surface area (Å²) in [4.78, 5) is 0. The molecule has 2 heterocycles. The van der Waals surface area contributed by atoms with Gasteiger partial charge in [0, 0.05) is 18.7 Å². The van der Waals surface area contributed by atoms with E-state index in [2.05, 4.69) is 10.4 Å². The normalized spacial score (nSPS) is 21.8. The maximum atomic E-state index is 6.17. The quantitative estimate of drug-likeness (QED) is 0.810. The second-order valence-electron chi connectivity index (χ2n) is 3.98. The van der Waals surface area contributed by atoms with Gasteiger partial charge in [-0.05, 0) is 32.7 Å². The summed E-state index contributed by atoms with van der Waals surface area (Å²) < 4.78 is 1.75. The molecule has 1 unspecified atom stereocenters. The van der Waals surface area contributed by atoms with E-state index in [9.17, 15) is 0 Å². The van der Waals surface area contributed by atoms with E-state index in [0.29, 0.717) is 6.04 Å². The molecule has 0 saturated carbocycles. The van der Waals surface area contributed by atoms with E-state index >= 15 is 0 Å². The van der Waals surface area contributed by atoms with Gasteiger partial charge in [0.15, 0.2) is 0 Å². The molecule has 14 heavy (non-hydrogen) atoms. The average molecular weight is 214 g/mol. The van der Waals surface area contributed by atoms with Crippen molar-refractivity contribution in [1.82, 2.24) is 15.1 Å². The fraction of sp³-hybridized carbons (Fsp3) is 0.700. The van der Waals surface area contributed by atoms with Crippen LogP contribution in [-0.4, -0.2) is 22.4 Å². The summed E-state index contributed by atoms with van der Waals surface area (Å²) in [5, 5.41) is 8.57. The Balaban J connectivity index is 2.14. The highest BCUT2D eigenvalue weighted by Crippen LogP contribution is 2.22. The van der Waals surface area contributed by atoms with Gasteiger partial charge < -0.3 is 5.32 Å². The van der Waals surface area contributed by atoms with Crippen LogP contribution >= 0.6 is 11.6 Å². The van der Waals surface area contributed by atoms with E-state index in [0.717, 1.165) is 23.8 Å². The van der Waals surface area contributed by atoms with Crippen LogP contribution in [0.15, 0.2) is 0 Å². The van der Waals surface area contributed by atoms with Crippen molar-refractivity contribution in [1.29, 1.82) is 0 Å². The van der Waals surface area contributed by atoms with Crippen molar-refractivity contribution in [3.8, 4) is 0 Å². The Morgan fingerprint density at radius 2 is 2.43 bits per heavy atom. The molecule has 0 radical (unpaired) electrons. The Hall–Kier alpha value is -0.540. The SMILES string of the molecule is Cc1nn(C)c(Cl)c1CC1CCCN1. The van der Waals surface area contributed by atoms with E-state index in [1.807, 2.05) is 14.0 Å². The summed E-state index contributed by atoms with van der Waals surface area (Å²) in [6.45, 7) is 3.16. The van der Waals surface area contributed by atoms with Crippen molar-refractivity contribution in [2.75, 3.05) is 6.54 Å². The smallest absolute Gasteiger partial charge is 0.130 e. The van der Waals surface area contributed by atoms with Crippen LogP contribution in [0.2, 0.25) is 5.15 Å². The van der Waals surface area contributed by atoms with Crippen LogP contribution in [0.25, 0.3) is 0 Å². The standard InChI is InChI=1S/C10H16ClN3/c1-7-9(10(11)14(2)13-7)6-8-4-3-5-12-8/h8,12H,3-6H2,1-2H3. The van der Waals surface area contributed by atoms with Crippen LogP contribution in [-0.2, 0) is 13.5 Å². The van der Waals surface area contributed by atoms with Crippen LogP contribution in [0.4, 0.5) is 0 Å². The number of aryl methyl sites for hydroxylation is 2. The maximum absolute atomic E-state index is 6.17. The molecule has 1 aliphatic rings. The first-order valence-electron chi connectivity index (χ1n) is 5.10. The molecule has 2 rings (SSSR count). The van der Waals surface area contributed by atoms with Gasteiger partial charge in [0.2, 0.25) is 0 Å². The summed E-state index contributed by atoms with van der Waals surface area (Å²) in [6, 6.07) is 0.593. The minimum absolute atomic E-state index is 0.593. The number of halogens is 1. The maximum Gasteiger partial charge on any atom is 0.130 e. The zero-order valence-corrected chi connectivity index (χ0v) is 9.43. The highest BCUT2D eigenvalue weighted by atomic mass is 35.5. The third-order valence-corrected chi connectivity index (χ3v) is 3.36. The Labute approximate surface area is 89.4 Å². The summed E-state index contributed by atoms with van der Waals surface area (Å²) in [7, 11) is 1.89. The zero-order valence-electron chi connectivity index (χ0n) is 8.68. The predicted molar refractivity (Wildman–Crippen MR) is 57.7 cm³/mol. The molecule has 0 aliphatic carbocycles. The Bertz CT molecular complexity index is 326. The van der Waals surface area contributed by atoms with Gasteiger partial charge in [0.25, 0.3) is 0 Å². The van der Waals surface area contributed by atoms with Gasteiger partial charge in [-0.25, -0.2) is 0 Å². The number of hydrogen-bond acceptors (Lipinski definition) is 2. The summed E-state index contributed by atoms with van der Waals surface area (Å²) >= 11 is 6.17. The largest absolute Gasteiger partial charge is 0.314 e. The van der Waals surface area contributed by atoms with Crippen LogP contribution in [0.1, 0.15) is 24.1 Å². The summed E-state index contributed by atoms with van der Waals surface area (Å²) in [6.07, 6.45) is 3.55. The zero-order chi connectivity index (χ0) is 10.1. The number of hydrogen-bond donors (Lipinski definition) is 1. The molecule has 1 atom stereocenters. The van der Waals surface area contributed by atoms with Gasteiger partial charge >= 0.3 is 0 Å². The molecule has 1 N–H and O–H groups in total. The molecule has 4 heteroatoms. The molecule has 0 bridgehead atoms. The summed E-state index contributed by atoms with van der Waals surface area (Å²) in [5.41, 5.74) is 2.26. The van der Waals surface area contributed by atoms with Crippen LogP contribution in [0.5, 0.6) is 0 Å². The second-order valence-corrected chi connectivity index (χ2v) is 4.33. The lowest BCUT2D eigenvalue weighted by Gasteiger charge is -2.09. The van der Waals surface area contributed by atoms with Gasteiger partial charge in [0.05, 0.1) is 5.69 Å². The van der Waals surface area contributed by atoms with Gasteiger partial charge in [0.1, 0.15) is 5.15 Å². The van der Waals surface area contributed by atoms with Crippen molar-refractivity contribution in [2.45, 2.75) is 32.2 Å². The topological polar surface area (TPSA) is 29.9 Å². The molecular weight excluding hydrogens is 198 g/mol. The highest BCUT2D eigenvalue weighted by molar-refractivity contribution is 6.30. The molecule has 1 aromatic rings. The van der Waals surface area contributed by atoms with E-state index in [4.69, 9.17) is 11.6 Å². The van der Waals surface area contributed by atoms with Crippen LogP contribution in [0.3, 0.4) is 0 Å². The van der Waals surface area contributed by atoms with E-state index in [1.165, 1.54) is 18.4 Å². The van der Waals surface area contributed by atoms with Gasteiger partial charge in [-0.1, -0.05) is 11.6 Å². The third kappa shape index (κ3) is 1.79. The van der Waals surface area contributed by atoms with E-state index in [1.54, 1.807) is 4.68 Å². The first-order chi connectivity index (χ1) is 6.68. The Morgan fingerprint density at radius 3 is 2.93 bits per heavy atom. The minimum atomic E-state index is 0.593. The van der Waals surface area contributed by atoms with Crippen molar-refractivity contribution in [2.24, 2.45) is 7.05 Å². The van der Waals surface area contributed by atoms with Crippen molar-refractivity contribution in [3.05, 3.63) is 16.4 Å². The molecule has 0 aromatic carbocycles. The molecular formula is C10H16ClN3. The molecule has 1 saturated heterocycles. The predicted octanol–water partition coefficient (Wildman–Crippen LogP) is 1.68. The minimum Gasteiger partial charge on any atom is -0.314 e. The fourth-order valence-electron chi connectivity index (χ4n) is 2.08. The first kappa shape index (κ1) is 9.99. The molecule has 1 aliphatic heterocycles. The number of nitrogens with zero attached hydrogens (tertiary/aromatic N) is 2. The Morgan fingerprint density at radius 1 is 1.64 bits per heavy atom. The van der Waals surface area contributed by atoms with Crippen molar-refractivity contribution >= 4 is 11.6 Å². The van der Waals surface area contributed by atoms with E-state index < -0.39 is 0 Å². The van der Waals surface area contributed by atoms with Gasteiger partial charge in [-0.15, -0.1) is 0 Å². The van der Waals surface area contributed by atoms with Crippen molar-refractivity contribution < 1.29 is 0 Å². The number of aromatic nitrogens is 2. The summed E-state index contributed by atoms with van der Waals surface area (Å²) in [5.74, 6) is 0. The molecule has 78 valence electrons. The van der Waals surface area contributed by atoms with Crippen molar-refractivity contribution in [3.63, 3.8) is 0 Å². The fourth-order valence-corrected chi connectivity index (χ4v) is 2.33. The first-order valence-corrected chi connectivity index (χ1v) is 5.47. The highest BCUT2D eigenvalue weighted by Gasteiger charge is 2.19. The van der Waals surface area contributed by atoms with Crippen LogP contribution in [0, 0.1) is 6.92 Å². The molecule has 1 fully saturated rings. The lowest BCUT2D eigenvalue weighted by molar-refractivity contribution is 0.601. The second kappa shape index (κ2) is 3.91. The van der Waals surface area contributed by atoms with Gasteiger partial charge in [-0.2, -0.15) is 5.10 Å². The molecule has 3 nitrogen and oxygen atoms in total. The molecule has 0 amide bonds. The number of nitrogens with one attached hydrogen (secondary N) is 1. The number of rotatable bonds is 2. The molecule has 0 spiro atoms. The van der Waals surface area contributed by atoms with Gasteiger partial charge in [-0.3, -0.25) is 4.68 Å². The lowest BCUT2D eigenvalue weighted by Crippen LogP contribution is -2.23. The van der Waals surface area contributed by atoms with E-state index in [-0.39, 0.29) is 0 Å². The molecule has 1 aromatic heterocycles.